The number of hydrogen-bond donors (Lipinski definition) is 0. The van der Waals surface area contributed by atoms with Crippen LogP contribution in [0.1, 0.15) is 21.5 Å². The summed E-state index contributed by atoms with van der Waals surface area (Å²) < 4.78 is 5.53. The lowest BCUT2D eigenvalue weighted by Crippen LogP contribution is -2.08. The van der Waals surface area contributed by atoms with Gasteiger partial charge in [-0.1, -0.05) is 83.9 Å². The van der Waals surface area contributed by atoms with E-state index in [1.165, 1.54) is 11.1 Å². The molecule has 4 aromatic carbocycles. The van der Waals surface area contributed by atoms with E-state index in [2.05, 4.69) is 62.4 Å². The number of carbonyl (C=O) groups is 1. The standard InChI is InChI=1S/C27H22O2/c1-19-3-7-21(8-4-19)23-11-13-25(14-12-23)27(28)29-26-17-15-24(16-18-26)22-9-5-20(2)6-10-22/h3-18H,1-2H3. The second-order valence-corrected chi connectivity index (χ2v) is 7.22. The molecule has 0 atom stereocenters. The summed E-state index contributed by atoms with van der Waals surface area (Å²) in [7, 11) is 0. The van der Waals surface area contributed by atoms with Crippen LogP contribution in [0.15, 0.2) is 97.1 Å². The summed E-state index contributed by atoms with van der Waals surface area (Å²) in [4.78, 5) is 12.5. The summed E-state index contributed by atoms with van der Waals surface area (Å²) in [6, 6.07) is 31.8. The summed E-state index contributed by atoms with van der Waals surface area (Å²) in [6.45, 7) is 4.13. The molecule has 2 heteroatoms. The number of benzene rings is 4. The van der Waals surface area contributed by atoms with E-state index in [1.54, 1.807) is 12.1 Å². The van der Waals surface area contributed by atoms with Crippen molar-refractivity contribution in [1.82, 2.24) is 0 Å². The number of carbonyl (C=O) groups excluding carboxylic acids is 1. The first-order valence-corrected chi connectivity index (χ1v) is 9.65. The summed E-state index contributed by atoms with van der Waals surface area (Å²) >= 11 is 0. The molecule has 142 valence electrons. The van der Waals surface area contributed by atoms with Gasteiger partial charge in [0.2, 0.25) is 0 Å². The van der Waals surface area contributed by atoms with E-state index in [9.17, 15) is 4.79 Å². The van der Waals surface area contributed by atoms with E-state index in [-0.39, 0.29) is 5.97 Å². The molecule has 0 bridgehead atoms. The fourth-order valence-corrected chi connectivity index (χ4v) is 3.17. The Hall–Kier alpha value is -3.65. The Morgan fingerprint density at radius 1 is 0.517 bits per heavy atom. The van der Waals surface area contributed by atoms with Crippen molar-refractivity contribution < 1.29 is 9.53 Å². The van der Waals surface area contributed by atoms with E-state index in [4.69, 9.17) is 4.74 Å². The summed E-state index contributed by atoms with van der Waals surface area (Å²) in [5, 5.41) is 0. The average molecular weight is 378 g/mol. The molecule has 0 amide bonds. The van der Waals surface area contributed by atoms with Crippen LogP contribution in [-0.4, -0.2) is 5.97 Å². The zero-order chi connectivity index (χ0) is 20.2. The van der Waals surface area contributed by atoms with Crippen LogP contribution in [0.25, 0.3) is 22.3 Å². The highest BCUT2D eigenvalue weighted by Crippen LogP contribution is 2.24. The van der Waals surface area contributed by atoms with Crippen molar-refractivity contribution in [2.24, 2.45) is 0 Å². The predicted molar refractivity (Wildman–Crippen MR) is 118 cm³/mol. The summed E-state index contributed by atoms with van der Waals surface area (Å²) in [6.07, 6.45) is 0. The Labute approximate surface area is 171 Å². The van der Waals surface area contributed by atoms with Crippen molar-refractivity contribution >= 4 is 5.97 Å². The SMILES string of the molecule is Cc1ccc(-c2ccc(OC(=O)c3ccc(-c4ccc(C)cc4)cc3)cc2)cc1. The topological polar surface area (TPSA) is 26.3 Å². The van der Waals surface area contributed by atoms with E-state index >= 15 is 0 Å². The largest absolute Gasteiger partial charge is 0.423 e. The zero-order valence-corrected chi connectivity index (χ0v) is 16.6. The monoisotopic (exact) mass is 378 g/mol. The van der Waals surface area contributed by atoms with Crippen LogP contribution in [0.3, 0.4) is 0 Å². The maximum absolute atomic E-state index is 12.5. The lowest BCUT2D eigenvalue weighted by molar-refractivity contribution is 0.0735. The highest BCUT2D eigenvalue weighted by atomic mass is 16.5. The maximum atomic E-state index is 12.5. The van der Waals surface area contributed by atoms with Crippen molar-refractivity contribution in [3.05, 3.63) is 114 Å². The molecule has 0 spiro atoms. The molecule has 0 aliphatic heterocycles. The molecule has 0 N–H and O–H groups in total. The van der Waals surface area contributed by atoms with E-state index in [1.807, 2.05) is 36.4 Å². The van der Waals surface area contributed by atoms with Crippen LogP contribution < -0.4 is 4.74 Å². The van der Waals surface area contributed by atoms with Gasteiger partial charge in [-0.25, -0.2) is 4.79 Å². The van der Waals surface area contributed by atoms with Crippen molar-refractivity contribution in [1.29, 1.82) is 0 Å². The highest BCUT2D eigenvalue weighted by molar-refractivity contribution is 5.91. The van der Waals surface area contributed by atoms with Crippen molar-refractivity contribution in [2.75, 3.05) is 0 Å². The number of hydrogen-bond acceptors (Lipinski definition) is 2. The Morgan fingerprint density at radius 3 is 1.28 bits per heavy atom. The van der Waals surface area contributed by atoms with Gasteiger partial charge >= 0.3 is 5.97 Å². The van der Waals surface area contributed by atoms with Crippen LogP contribution in [0.4, 0.5) is 0 Å². The average Bonchev–Trinajstić information content (AvgIpc) is 2.76. The zero-order valence-electron chi connectivity index (χ0n) is 16.6. The molecular formula is C27H22O2. The van der Waals surface area contributed by atoms with Gasteiger partial charge < -0.3 is 4.74 Å². The van der Waals surface area contributed by atoms with Gasteiger partial charge in [0.05, 0.1) is 5.56 Å². The van der Waals surface area contributed by atoms with Gasteiger partial charge in [-0.15, -0.1) is 0 Å². The van der Waals surface area contributed by atoms with Gasteiger partial charge in [0.1, 0.15) is 5.75 Å². The van der Waals surface area contributed by atoms with Crippen LogP contribution in [0.5, 0.6) is 5.75 Å². The van der Waals surface area contributed by atoms with Gasteiger partial charge in [0.15, 0.2) is 0 Å². The van der Waals surface area contributed by atoms with Gasteiger partial charge in [-0.3, -0.25) is 0 Å². The molecule has 0 saturated heterocycles. The smallest absolute Gasteiger partial charge is 0.343 e. The molecule has 0 aliphatic carbocycles. The number of aryl methyl sites for hydroxylation is 2. The van der Waals surface area contributed by atoms with E-state index in [0.717, 1.165) is 22.3 Å². The minimum atomic E-state index is -0.358. The number of esters is 1. The van der Waals surface area contributed by atoms with Gasteiger partial charge in [-0.05, 0) is 60.4 Å². The Bertz CT molecular complexity index is 1110. The fourth-order valence-electron chi connectivity index (χ4n) is 3.17. The van der Waals surface area contributed by atoms with Crippen molar-refractivity contribution in [3.63, 3.8) is 0 Å². The minimum absolute atomic E-state index is 0.358. The van der Waals surface area contributed by atoms with Gasteiger partial charge in [0, 0.05) is 0 Å². The van der Waals surface area contributed by atoms with Crippen LogP contribution in [0, 0.1) is 13.8 Å². The third-order valence-electron chi connectivity index (χ3n) is 4.96. The predicted octanol–water partition coefficient (Wildman–Crippen LogP) is 6.86. The first-order valence-electron chi connectivity index (χ1n) is 9.65. The van der Waals surface area contributed by atoms with Crippen molar-refractivity contribution in [2.45, 2.75) is 13.8 Å². The Balaban J connectivity index is 1.45. The molecule has 0 fully saturated rings. The van der Waals surface area contributed by atoms with Crippen LogP contribution in [-0.2, 0) is 0 Å². The second-order valence-electron chi connectivity index (χ2n) is 7.22. The molecule has 0 unspecified atom stereocenters. The summed E-state index contributed by atoms with van der Waals surface area (Å²) in [5.74, 6) is 0.178. The molecule has 4 rings (SSSR count). The molecule has 0 aliphatic rings. The molecule has 0 heterocycles. The molecular weight excluding hydrogens is 356 g/mol. The van der Waals surface area contributed by atoms with Gasteiger partial charge in [0.25, 0.3) is 0 Å². The Kier molecular flexibility index (Phi) is 5.26. The lowest BCUT2D eigenvalue weighted by atomic mass is 10.0. The second kappa shape index (κ2) is 8.15. The normalized spacial score (nSPS) is 10.6. The van der Waals surface area contributed by atoms with E-state index in [0.29, 0.717) is 11.3 Å². The molecule has 2 nitrogen and oxygen atoms in total. The third-order valence-corrected chi connectivity index (χ3v) is 4.96. The molecule has 0 saturated carbocycles. The minimum Gasteiger partial charge on any atom is -0.423 e. The highest BCUT2D eigenvalue weighted by Gasteiger charge is 2.09. The molecule has 0 radical (unpaired) electrons. The molecule has 29 heavy (non-hydrogen) atoms. The fraction of sp³-hybridized carbons (Fsp3) is 0.0741. The van der Waals surface area contributed by atoms with Crippen molar-refractivity contribution in [3.8, 4) is 28.0 Å². The first-order chi connectivity index (χ1) is 14.1. The Morgan fingerprint density at radius 2 is 0.862 bits per heavy atom. The third kappa shape index (κ3) is 4.44. The summed E-state index contributed by atoms with van der Waals surface area (Å²) in [5.41, 5.74) is 7.41. The van der Waals surface area contributed by atoms with E-state index < -0.39 is 0 Å². The van der Waals surface area contributed by atoms with Crippen LogP contribution >= 0.6 is 0 Å². The molecule has 4 aromatic rings. The van der Waals surface area contributed by atoms with Crippen LogP contribution in [0.2, 0.25) is 0 Å². The lowest BCUT2D eigenvalue weighted by Gasteiger charge is -2.07. The van der Waals surface area contributed by atoms with Gasteiger partial charge in [-0.2, -0.15) is 0 Å². The maximum Gasteiger partial charge on any atom is 0.343 e. The quantitative estimate of drug-likeness (QED) is 0.286. The number of ether oxygens (including phenoxy) is 1. The first kappa shape index (κ1) is 18.7. The number of rotatable bonds is 4. The molecule has 0 aromatic heterocycles.